The van der Waals surface area contributed by atoms with Gasteiger partial charge in [0.1, 0.15) is 6.54 Å². The summed E-state index contributed by atoms with van der Waals surface area (Å²) in [7, 11) is 0. The van der Waals surface area contributed by atoms with Gasteiger partial charge in [0, 0.05) is 30.5 Å². The molecular weight excluding hydrogens is 490 g/mol. The topological polar surface area (TPSA) is 28.5 Å². The van der Waals surface area contributed by atoms with Crippen molar-refractivity contribution in [1.82, 2.24) is 14.4 Å². The molecule has 2 aliphatic rings. The molecule has 0 bridgehead atoms. The molecule has 40 heavy (non-hydrogen) atoms. The summed E-state index contributed by atoms with van der Waals surface area (Å²) in [6, 6.07) is 26.1. The molecule has 6 rings (SSSR count). The Morgan fingerprint density at radius 3 is 2.12 bits per heavy atom. The van der Waals surface area contributed by atoms with Gasteiger partial charge in [-0.2, -0.15) is 0 Å². The van der Waals surface area contributed by atoms with E-state index in [-0.39, 0.29) is 5.91 Å². The summed E-state index contributed by atoms with van der Waals surface area (Å²) in [5, 5.41) is 1.28. The fourth-order valence-corrected chi connectivity index (χ4v) is 7.19. The second-order valence-corrected chi connectivity index (χ2v) is 12.2. The molecule has 3 aromatic carbocycles. The van der Waals surface area contributed by atoms with Gasteiger partial charge in [-0.15, -0.1) is 0 Å². The van der Waals surface area contributed by atoms with E-state index >= 15 is 0 Å². The molecule has 0 N–H and O–H groups in total. The van der Waals surface area contributed by atoms with Crippen molar-refractivity contribution < 1.29 is 4.79 Å². The summed E-state index contributed by atoms with van der Waals surface area (Å²) >= 11 is 0. The average Bonchev–Trinajstić information content (AvgIpc) is 3.27. The number of carbonyl (C=O) groups is 1. The number of benzene rings is 3. The van der Waals surface area contributed by atoms with Crippen LogP contribution in [0.2, 0.25) is 0 Å². The van der Waals surface area contributed by atoms with Gasteiger partial charge in [-0.3, -0.25) is 9.69 Å². The lowest BCUT2D eigenvalue weighted by atomic mass is 9.84. The van der Waals surface area contributed by atoms with Gasteiger partial charge in [-0.05, 0) is 98.3 Å². The van der Waals surface area contributed by atoms with Gasteiger partial charge in [0.15, 0.2) is 0 Å². The SMILES string of the molecule is Cc1cccc(C)c1C1CCN(Cc2c(-c3ccccc3)n(CC(=O)N3CCC(C)CC3)c3ccccc23)CC1. The molecule has 4 heteroatoms. The second kappa shape index (κ2) is 11.6. The molecule has 2 saturated heterocycles. The van der Waals surface area contributed by atoms with Gasteiger partial charge in [0.2, 0.25) is 5.91 Å². The number of fused-ring (bicyclic) bond motifs is 1. The lowest BCUT2D eigenvalue weighted by Gasteiger charge is -2.34. The summed E-state index contributed by atoms with van der Waals surface area (Å²) in [4.78, 5) is 18.3. The van der Waals surface area contributed by atoms with E-state index in [1.165, 1.54) is 51.7 Å². The Labute approximate surface area is 239 Å². The number of piperidine rings is 2. The first-order chi connectivity index (χ1) is 19.5. The first kappa shape index (κ1) is 26.8. The predicted molar refractivity (Wildman–Crippen MR) is 166 cm³/mol. The monoisotopic (exact) mass is 533 g/mol. The highest BCUT2D eigenvalue weighted by Gasteiger charge is 2.28. The maximum Gasteiger partial charge on any atom is 0.242 e. The number of rotatable bonds is 6. The van der Waals surface area contributed by atoms with Crippen LogP contribution < -0.4 is 0 Å². The summed E-state index contributed by atoms with van der Waals surface area (Å²) in [6.07, 6.45) is 4.59. The molecule has 0 atom stereocenters. The standard InChI is InChI=1S/C36H43N3O/c1-26-16-22-38(23-17-26)34(40)25-39-33-15-8-7-14-31(33)32(36(39)30-12-5-4-6-13-30)24-37-20-18-29(19-21-37)35-27(2)10-9-11-28(35)3/h4-15,26,29H,16-25H2,1-3H3. The molecule has 0 spiro atoms. The Kier molecular flexibility index (Phi) is 7.80. The van der Waals surface area contributed by atoms with Crippen LogP contribution in [-0.2, 0) is 17.9 Å². The van der Waals surface area contributed by atoms with Crippen LogP contribution in [0.15, 0.2) is 72.8 Å². The van der Waals surface area contributed by atoms with E-state index in [2.05, 4.69) is 108 Å². The number of aryl methyl sites for hydroxylation is 2. The van der Waals surface area contributed by atoms with Gasteiger partial charge in [0.05, 0.1) is 5.69 Å². The molecule has 2 aliphatic heterocycles. The number of carbonyl (C=O) groups excluding carboxylic acids is 1. The number of hydrogen-bond donors (Lipinski definition) is 0. The highest BCUT2D eigenvalue weighted by Crippen LogP contribution is 2.37. The first-order valence-corrected chi connectivity index (χ1v) is 15.2. The Hall–Kier alpha value is -3.37. The van der Waals surface area contributed by atoms with Gasteiger partial charge in [-0.25, -0.2) is 0 Å². The van der Waals surface area contributed by atoms with Gasteiger partial charge in [0.25, 0.3) is 0 Å². The third-order valence-electron chi connectivity index (χ3n) is 9.47. The Bertz CT molecular complexity index is 1450. The van der Waals surface area contributed by atoms with E-state index in [1.807, 2.05) is 0 Å². The highest BCUT2D eigenvalue weighted by atomic mass is 16.2. The van der Waals surface area contributed by atoms with Crippen LogP contribution in [0.3, 0.4) is 0 Å². The molecule has 2 fully saturated rings. The number of aromatic nitrogens is 1. The minimum Gasteiger partial charge on any atom is -0.341 e. The van der Waals surface area contributed by atoms with E-state index in [4.69, 9.17) is 0 Å². The van der Waals surface area contributed by atoms with E-state index in [0.29, 0.717) is 18.4 Å². The molecule has 1 aromatic heterocycles. The zero-order valence-corrected chi connectivity index (χ0v) is 24.4. The van der Waals surface area contributed by atoms with Crippen LogP contribution in [0, 0.1) is 19.8 Å². The Morgan fingerprint density at radius 2 is 1.43 bits per heavy atom. The molecule has 0 aliphatic carbocycles. The Morgan fingerprint density at radius 1 is 0.775 bits per heavy atom. The van der Waals surface area contributed by atoms with Crippen molar-refractivity contribution in [1.29, 1.82) is 0 Å². The number of amides is 1. The predicted octanol–water partition coefficient (Wildman–Crippen LogP) is 7.56. The molecule has 4 nitrogen and oxygen atoms in total. The zero-order valence-electron chi connectivity index (χ0n) is 24.4. The first-order valence-electron chi connectivity index (χ1n) is 15.2. The maximum atomic E-state index is 13.6. The fourth-order valence-electron chi connectivity index (χ4n) is 7.19. The number of hydrogen-bond acceptors (Lipinski definition) is 2. The van der Waals surface area contributed by atoms with Crippen molar-refractivity contribution in [3.05, 3.63) is 95.1 Å². The van der Waals surface area contributed by atoms with Crippen LogP contribution in [0.5, 0.6) is 0 Å². The van der Waals surface area contributed by atoms with Gasteiger partial charge in [-0.1, -0.05) is 73.7 Å². The summed E-state index contributed by atoms with van der Waals surface area (Å²) in [5.41, 5.74) is 9.35. The van der Waals surface area contributed by atoms with Crippen molar-refractivity contribution in [3.63, 3.8) is 0 Å². The van der Waals surface area contributed by atoms with E-state index in [9.17, 15) is 4.79 Å². The van der Waals surface area contributed by atoms with Crippen LogP contribution in [0.25, 0.3) is 22.2 Å². The maximum absolute atomic E-state index is 13.6. The normalized spacial score (nSPS) is 17.5. The quantitative estimate of drug-likeness (QED) is 0.256. The van der Waals surface area contributed by atoms with Gasteiger partial charge >= 0.3 is 0 Å². The summed E-state index contributed by atoms with van der Waals surface area (Å²) in [6.45, 7) is 12.1. The summed E-state index contributed by atoms with van der Waals surface area (Å²) < 4.78 is 2.31. The molecular formula is C36H43N3O. The fraction of sp³-hybridized carbons (Fsp3) is 0.417. The highest BCUT2D eigenvalue weighted by molar-refractivity contribution is 5.93. The van der Waals surface area contributed by atoms with Crippen molar-refractivity contribution in [2.24, 2.45) is 5.92 Å². The van der Waals surface area contributed by atoms with Crippen molar-refractivity contribution >= 4 is 16.8 Å². The largest absolute Gasteiger partial charge is 0.341 e. The number of para-hydroxylation sites is 1. The van der Waals surface area contributed by atoms with Crippen molar-refractivity contribution in [3.8, 4) is 11.3 Å². The number of nitrogens with zero attached hydrogens (tertiary/aromatic N) is 3. The Balaban J connectivity index is 1.31. The molecule has 208 valence electrons. The van der Waals surface area contributed by atoms with Crippen LogP contribution in [-0.4, -0.2) is 46.5 Å². The lowest BCUT2D eigenvalue weighted by molar-refractivity contribution is -0.133. The minimum atomic E-state index is 0.241. The van der Waals surface area contributed by atoms with E-state index < -0.39 is 0 Å². The lowest BCUT2D eigenvalue weighted by Crippen LogP contribution is -2.39. The summed E-state index contributed by atoms with van der Waals surface area (Å²) in [5.74, 6) is 1.59. The molecule has 0 unspecified atom stereocenters. The second-order valence-electron chi connectivity index (χ2n) is 12.2. The van der Waals surface area contributed by atoms with Crippen LogP contribution >= 0.6 is 0 Å². The molecule has 3 heterocycles. The molecule has 0 radical (unpaired) electrons. The van der Waals surface area contributed by atoms with Crippen molar-refractivity contribution in [2.45, 2.75) is 65.5 Å². The van der Waals surface area contributed by atoms with E-state index in [0.717, 1.165) is 45.6 Å². The molecule has 0 saturated carbocycles. The van der Waals surface area contributed by atoms with Crippen LogP contribution in [0.4, 0.5) is 0 Å². The minimum absolute atomic E-state index is 0.241. The molecule has 1 amide bonds. The molecule has 4 aromatic rings. The smallest absolute Gasteiger partial charge is 0.242 e. The van der Waals surface area contributed by atoms with Gasteiger partial charge < -0.3 is 9.47 Å². The zero-order chi connectivity index (χ0) is 27.6. The van der Waals surface area contributed by atoms with Crippen molar-refractivity contribution in [2.75, 3.05) is 26.2 Å². The van der Waals surface area contributed by atoms with E-state index in [1.54, 1.807) is 5.56 Å². The third-order valence-corrected chi connectivity index (χ3v) is 9.47. The van der Waals surface area contributed by atoms with Crippen LogP contribution in [0.1, 0.15) is 60.8 Å². The third kappa shape index (κ3) is 5.34. The average molecular weight is 534 g/mol. The number of likely N-dealkylation sites (tertiary alicyclic amines) is 2.